The Morgan fingerprint density at radius 3 is 2.63 bits per heavy atom. The maximum absolute atomic E-state index is 4.37. The van der Waals surface area contributed by atoms with E-state index in [2.05, 4.69) is 73.5 Å². The number of alkyl halides is 1. The monoisotopic (exact) mass is 385 g/mol. The second-order valence-corrected chi connectivity index (χ2v) is 6.41. The van der Waals surface area contributed by atoms with Crippen molar-refractivity contribution in [3.05, 3.63) is 34.1 Å². The minimum Gasteiger partial charge on any atom is -0.310 e. The van der Waals surface area contributed by atoms with Crippen molar-refractivity contribution in [1.82, 2.24) is 14.8 Å². The third-order valence-electron chi connectivity index (χ3n) is 3.00. The second kappa shape index (κ2) is 6.18. The molecule has 0 atom stereocenters. The zero-order valence-corrected chi connectivity index (χ0v) is 14.5. The molecule has 3 nitrogen and oxygen atoms in total. The van der Waals surface area contributed by atoms with Crippen LogP contribution < -0.4 is 0 Å². The zero-order valence-electron chi connectivity index (χ0n) is 11.3. The second-order valence-electron chi connectivity index (χ2n) is 4.99. The fraction of sp³-hybridized carbons (Fsp3) is 0.429. The molecule has 1 aromatic carbocycles. The fourth-order valence-corrected chi connectivity index (χ4v) is 2.82. The van der Waals surface area contributed by atoms with E-state index in [1.54, 1.807) is 0 Å². The molecule has 1 aromatic heterocycles. The lowest BCUT2D eigenvalue weighted by molar-refractivity contribution is 0.516. The van der Waals surface area contributed by atoms with E-state index in [4.69, 9.17) is 0 Å². The smallest absolute Gasteiger partial charge is 0.164 e. The third kappa shape index (κ3) is 3.08. The molecule has 1 heterocycles. The van der Waals surface area contributed by atoms with Gasteiger partial charge >= 0.3 is 0 Å². The van der Waals surface area contributed by atoms with Crippen LogP contribution in [0.5, 0.6) is 0 Å². The third-order valence-corrected chi connectivity index (χ3v) is 4.36. The van der Waals surface area contributed by atoms with Gasteiger partial charge in [0.1, 0.15) is 5.82 Å². The summed E-state index contributed by atoms with van der Waals surface area (Å²) in [5.41, 5.74) is 2.33. The van der Waals surface area contributed by atoms with E-state index in [-0.39, 0.29) is 0 Å². The summed E-state index contributed by atoms with van der Waals surface area (Å²) in [6.45, 7) is 7.43. The van der Waals surface area contributed by atoms with E-state index in [0.717, 1.165) is 33.6 Å². The van der Waals surface area contributed by atoms with Gasteiger partial charge in [-0.2, -0.15) is 0 Å². The predicted molar refractivity (Wildman–Crippen MR) is 85.4 cm³/mol. The summed E-state index contributed by atoms with van der Waals surface area (Å²) in [7, 11) is 0. The minimum absolute atomic E-state index is 0.556. The molecule has 5 heteroatoms. The van der Waals surface area contributed by atoms with Crippen molar-refractivity contribution in [2.75, 3.05) is 0 Å². The number of halogens is 2. The standard InChI is InChI=1S/C14H17Br2N3/c1-9(2)8-19-13(7-15)17-18-14(19)11-5-4-6-12(16)10(11)3/h4-6,9H,7-8H2,1-3H3. The number of aromatic nitrogens is 3. The van der Waals surface area contributed by atoms with E-state index in [1.807, 2.05) is 12.1 Å². The normalized spacial score (nSPS) is 11.3. The van der Waals surface area contributed by atoms with Gasteiger partial charge in [-0.25, -0.2) is 0 Å². The SMILES string of the molecule is Cc1c(Br)cccc1-c1nnc(CBr)n1CC(C)C. The first-order valence-electron chi connectivity index (χ1n) is 6.28. The Labute approximate surface area is 130 Å². The van der Waals surface area contributed by atoms with E-state index in [1.165, 1.54) is 5.56 Å². The highest BCUT2D eigenvalue weighted by atomic mass is 79.9. The van der Waals surface area contributed by atoms with E-state index < -0.39 is 0 Å². The minimum atomic E-state index is 0.556. The molecule has 19 heavy (non-hydrogen) atoms. The number of hydrogen-bond donors (Lipinski definition) is 0. The fourth-order valence-electron chi connectivity index (χ4n) is 2.04. The molecule has 0 fully saturated rings. The lowest BCUT2D eigenvalue weighted by Gasteiger charge is -2.13. The van der Waals surface area contributed by atoms with E-state index in [9.17, 15) is 0 Å². The number of hydrogen-bond acceptors (Lipinski definition) is 2. The van der Waals surface area contributed by atoms with Crippen LogP contribution in [0.2, 0.25) is 0 Å². The van der Waals surface area contributed by atoms with Crippen LogP contribution in [0, 0.1) is 12.8 Å². The van der Waals surface area contributed by atoms with Crippen LogP contribution >= 0.6 is 31.9 Å². The Bertz CT molecular complexity index is 576. The molecule has 2 rings (SSSR count). The Kier molecular flexibility index (Phi) is 4.79. The van der Waals surface area contributed by atoms with Crippen LogP contribution in [0.3, 0.4) is 0 Å². The summed E-state index contributed by atoms with van der Waals surface area (Å²) in [6, 6.07) is 6.18. The molecule has 0 saturated carbocycles. The van der Waals surface area contributed by atoms with Gasteiger partial charge in [0.05, 0.1) is 5.33 Å². The van der Waals surface area contributed by atoms with Crippen LogP contribution in [0.15, 0.2) is 22.7 Å². The molecule has 0 N–H and O–H groups in total. The Morgan fingerprint density at radius 1 is 1.26 bits per heavy atom. The topological polar surface area (TPSA) is 30.7 Å². The van der Waals surface area contributed by atoms with Gasteiger partial charge in [0.2, 0.25) is 0 Å². The van der Waals surface area contributed by atoms with Crippen LogP contribution in [-0.2, 0) is 11.9 Å². The van der Waals surface area contributed by atoms with Crippen LogP contribution in [-0.4, -0.2) is 14.8 Å². The van der Waals surface area contributed by atoms with Gasteiger partial charge in [-0.15, -0.1) is 10.2 Å². The summed E-state index contributed by atoms with van der Waals surface area (Å²) in [4.78, 5) is 0. The zero-order chi connectivity index (χ0) is 14.0. The first kappa shape index (κ1) is 14.7. The molecule has 0 aliphatic rings. The van der Waals surface area contributed by atoms with E-state index in [0.29, 0.717) is 5.92 Å². The van der Waals surface area contributed by atoms with Crippen molar-refractivity contribution < 1.29 is 0 Å². The maximum atomic E-state index is 4.37. The lowest BCUT2D eigenvalue weighted by Crippen LogP contribution is -2.09. The molecule has 0 unspecified atom stereocenters. The van der Waals surface area contributed by atoms with Gasteiger partial charge in [0.15, 0.2) is 5.82 Å². The van der Waals surface area contributed by atoms with Crippen molar-refractivity contribution in [2.45, 2.75) is 32.6 Å². The van der Waals surface area contributed by atoms with Crippen molar-refractivity contribution in [1.29, 1.82) is 0 Å². The lowest BCUT2D eigenvalue weighted by atomic mass is 10.1. The summed E-state index contributed by atoms with van der Waals surface area (Å²) in [6.07, 6.45) is 0. The van der Waals surface area contributed by atoms with Crippen molar-refractivity contribution >= 4 is 31.9 Å². The van der Waals surface area contributed by atoms with Crippen LogP contribution in [0.1, 0.15) is 25.2 Å². The highest BCUT2D eigenvalue weighted by molar-refractivity contribution is 9.10. The average Bonchev–Trinajstić information content (AvgIpc) is 2.75. The summed E-state index contributed by atoms with van der Waals surface area (Å²) in [5.74, 6) is 2.48. The number of nitrogens with zero attached hydrogens (tertiary/aromatic N) is 3. The first-order chi connectivity index (χ1) is 9.04. The summed E-state index contributed by atoms with van der Waals surface area (Å²) < 4.78 is 3.30. The summed E-state index contributed by atoms with van der Waals surface area (Å²) in [5, 5.41) is 9.38. The van der Waals surface area contributed by atoms with E-state index >= 15 is 0 Å². The molecule has 0 amide bonds. The van der Waals surface area contributed by atoms with Crippen molar-refractivity contribution in [2.24, 2.45) is 5.92 Å². The molecule has 0 aliphatic carbocycles. The average molecular weight is 387 g/mol. The van der Waals surface area contributed by atoms with Gasteiger partial charge in [-0.3, -0.25) is 0 Å². The molecular weight excluding hydrogens is 370 g/mol. The van der Waals surface area contributed by atoms with Crippen molar-refractivity contribution in [3.8, 4) is 11.4 Å². The summed E-state index contributed by atoms with van der Waals surface area (Å²) >= 11 is 7.06. The van der Waals surface area contributed by atoms with Gasteiger partial charge in [-0.05, 0) is 24.5 Å². The first-order valence-corrected chi connectivity index (χ1v) is 8.19. The highest BCUT2D eigenvalue weighted by Crippen LogP contribution is 2.28. The molecule has 0 bridgehead atoms. The highest BCUT2D eigenvalue weighted by Gasteiger charge is 2.16. The maximum Gasteiger partial charge on any atom is 0.164 e. The van der Waals surface area contributed by atoms with Crippen LogP contribution in [0.4, 0.5) is 0 Å². The largest absolute Gasteiger partial charge is 0.310 e. The Hall–Kier alpha value is -0.680. The quantitative estimate of drug-likeness (QED) is 0.720. The predicted octanol–water partition coefficient (Wildman–Crippen LogP) is 4.57. The molecule has 102 valence electrons. The Morgan fingerprint density at radius 2 is 2.00 bits per heavy atom. The van der Waals surface area contributed by atoms with Crippen molar-refractivity contribution in [3.63, 3.8) is 0 Å². The van der Waals surface area contributed by atoms with Gasteiger partial charge < -0.3 is 4.57 Å². The number of rotatable bonds is 4. The molecule has 0 radical (unpaired) electrons. The van der Waals surface area contributed by atoms with Gasteiger partial charge in [0.25, 0.3) is 0 Å². The molecular formula is C14H17Br2N3. The number of benzene rings is 1. The van der Waals surface area contributed by atoms with Gasteiger partial charge in [0, 0.05) is 16.6 Å². The molecule has 2 aromatic rings. The molecule has 0 saturated heterocycles. The van der Waals surface area contributed by atoms with Crippen LogP contribution in [0.25, 0.3) is 11.4 Å². The van der Waals surface area contributed by atoms with Gasteiger partial charge in [-0.1, -0.05) is 57.8 Å². The molecule has 0 spiro atoms. The molecule has 0 aliphatic heterocycles. The Balaban J connectivity index is 2.55.